The summed E-state index contributed by atoms with van der Waals surface area (Å²) in [6.45, 7) is 0.635. The third kappa shape index (κ3) is 7.41. The number of amides is 2. The number of hydrogen-bond acceptors (Lipinski definition) is 7. The summed E-state index contributed by atoms with van der Waals surface area (Å²) in [6, 6.07) is 3.24. The highest BCUT2D eigenvalue weighted by atomic mass is 32.2. The number of carboxylic acids is 1. The zero-order chi connectivity index (χ0) is 21.9. The van der Waals surface area contributed by atoms with E-state index in [0.717, 1.165) is 12.2 Å². The minimum Gasteiger partial charge on any atom is -0.480 e. The van der Waals surface area contributed by atoms with Crippen LogP contribution in [-0.4, -0.2) is 64.1 Å². The van der Waals surface area contributed by atoms with Crippen molar-refractivity contribution < 1.29 is 24.2 Å². The van der Waals surface area contributed by atoms with E-state index in [1.165, 1.54) is 42.5 Å². The van der Waals surface area contributed by atoms with Gasteiger partial charge >= 0.3 is 5.97 Å². The molecule has 162 valence electrons. The van der Waals surface area contributed by atoms with Crippen molar-refractivity contribution in [2.24, 2.45) is 0 Å². The van der Waals surface area contributed by atoms with Crippen molar-refractivity contribution in [1.82, 2.24) is 15.3 Å². The molecule has 2 rings (SSSR count). The molecule has 1 aromatic carbocycles. The Labute approximate surface area is 178 Å². The first-order valence-electron chi connectivity index (χ1n) is 9.17. The Morgan fingerprint density at radius 3 is 2.83 bits per heavy atom. The van der Waals surface area contributed by atoms with Gasteiger partial charge in [-0.15, -0.1) is 0 Å². The summed E-state index contributed by atoms with van der Waals surface area (Å²) in [5, 5.41) is 14.5. The van der Waals surface area contributed by atoms with Gasteiger partial charge in [-0.1, -0.05) is 0 Å². The van der Waals surface area contributed by atoms with Gasteiger partial charge < -0.3 is 31.2 Å². The lowest BCUT2D eigenvalue weighted by Crippen LogP contribution is -2.42. The minimum absolute atomic E-state index is 0.0555. The van der Waals surface area contributed by atoms with E-state index in [1.54, 1.807) is 7.11 Å². The highest BCUT2D eigenvalue weighted by Crippen LogP contribution is 2.21. The number of nitrogen functional groups attached to an aromatic ring is 1. The zero-order valence-corrected chi connectivity index (χ0v) is 17.3. The van der Waals surface area contributed by atoms with Crippen molar-refractivity contribution in [3.8, 4) is 0 Å². The number of aromatic nitrogens is 2. The lowest BCUT2D eigenvalue weighted by atomic mass is 10.1. The number of nitrogens with zero attached hydrogens (tertiary/aromatic N) is 1. The molecule has 10 nitrogen and oxygen atoms in total. The van der Waals surface area contributed by atoms with Gasteiger partial charge in [0.05, 0.1) is 23.5 Å². The molecule has 0 bridgehead atoms. The molecule has 6 N–H and O–H groups in total. The largest absolute Gasteiger partial charge is 0.480 e. The van der Waals surface area contributed by atoms with Crippen LogP contribution in [0.3, 0.4) is 0 Å². The zero-order valence-electron chi connectivity index (χ0n) is 16.5. The van der Waals surface area contributed by atoms with Crippen LogP contribution in [0.25, 0.3) is 0 Å². The number of aliphatic carboxylic acids is 1. The number of hydrogen-bond donors (Lipinski definition) is 5. The Bertz CT molecular complexity index is 859. The first-order valence-corrected chi connectivity index (χ1v) is 10.3. The highest BCUT2D eigenvalue weighted by Gasteiger charge is 2.22. The van der Waals surface area contributed by atoms with Crippen LogP contribution in [0.1, 0.15) is 22.5 Å². The van der Waals surface area contributed by atoms with Crippen LogP contribution in [0.15, 0.2) is 30.7 Å². The predicted octanol–water partition coefficient (Wildman–Crippen LogP) is 1.13. The number of nitrogens with two attached hydrogens (primary N) is 1. The average Bonchev–Trinajstić information content (AvgIpc) is 3.22. The van der Waals surface area contributed by atoms with E-state index in [2.05, 4.69) is 20.6 Å². The second-order valence-electron chi connectivity index (χ2n) is 6.39. The second kappa shape index (κ2) is 11.8. The van der Waals surface area contributed by atoms with E-state index < -0.39 is 17.9 Å². The Morgan fingerprint density at radius 1 is 1.37 bits per heavy atom. The van der Waals surface area contributed by atoms with Crippen LogP contribution in [0.5, 0.6) is 0 Å². The first kappa shape index (κ1) is 23.2. The van der Waals surface area contributed by atoms with E-state index in [1.807, 2.05) is 0 Å². The summed E-state index contributed by atoms with van der Waals surface area (Å²) in [4.78, 5) is 42.8. The molecule has 11 heteroatoms. The summed E-state index contributed by atoms with van der Waals surface area (Å²) in [5.74, 6) is -0.986. The van der Waals surface area contributed by atoms with Crippen LogP contribution in [-0.2, 0) is 20.7 Å². The van der Waals surface area contributed by atoms with E-state index in [0.29, 0.717) is 23.7 Å². The van der Waals surface area contributed by atoms with E-state index in [9.17, 15) is 19.5 Å². The molecule has 0 spiro atoms. The molecule has 0 aliphatic carbocycles. The minimum atomic E-state index is -1.17. The van der Waals surface area contributed by atoms with Crippen LogP contribution >= 0.6 is 11.8 Å². The molecule has 0 saturated heterocycles. The van der Waals surface area contributed by atoms with Gasteiger partial charge in [0.15, 0.2) is 0 Å². The van der Waals surface area contributed by atoms with E-state index in [-0.39, 0.29) is 23.6 Å². The van der Waals surface area contributed by atoms with Crippen LogP contribution in [0.2, 0.25) is 0 Å². The summed E-state index contributed by atoms with van der Waals surface area (Å²) in [7, 11) is 1.62. The number of H-pyrrole nitrogens is 1. The summed E-state index contributed by atoms with van der Waals surface area (Å²) in [6.07, 6.45) is 3.82. The molecule has 2 amide bonds. The quantitative estimate of drug-likeness (QED) is 0.245. The molecule has 0 aliphatic rings. The van der Waals surface area contributed by atoms with E-state index >= 15 is 0 Å². The standard InChI is InChI=1S/C19H25N5O5S/c1-29-5-2-6-30-10-17(25)23-15-7-12(3-4-14(15)20)18(26)24-16(19(27)28)8-13-9-21-11-22-13/h3-4,7,9,11,16H,2,5-6,8,10,20H2,1H3,(H,21,22)(H,23,25)(H,24,26)(H,27,28). The van der Waals surface area contributed by atoms with Crippen LogP contribution < -0.4 is 16.4 Å². The fraction of sp³-hybridized carbons (Fsp3) is 0.368. The Kier molecular flexibility index (Phi) is 9.16. The topological polar surface area (TPSA) is 159 Å². The molecule has 30 heavy (non-hydrogen) atoms. The van der Waals surface area contributed by atoms with Gasteiger partial charge in [-0.25, -0.2) is 9.78 Å². The maximum absolute atomic E-state index is 12.5. The third-order valence-corrected chi connectivity index (χ3v) is 5.09. The number of carbonyl (C=O) groups excluding carboxylic acids is 2. The predicted molar refractivity (Wildman–Crippen MR) is 114 cm³/mol. The van der Waals surface area contributed by atoms with Crippen molar-refractivity contribution in [1.29, 1.82) is 0 Å². The van der Waals surface area contributed by atoms with Crippen LogP contribution in [0.4, 0.5) is 11.4 Å². The molecular weight excluding hydrogens is 410 g/mol. The smallest absolute Gasteiger partial charge is 0.326 e. The SMILES string of the molecule is COCCCSCC(=O)Nc1cc(C(=O)NC(Cc2cnc[nH]2)C(=O)O)ccc1N. The number of thioether (sulfide) groups is 1. The molecule has 1 atom stereocenters. The van der Waals surface area contributed by atoms with Crippen molar-refractivity contribution >= 4 is 40.9 Å². The maximum Gasteiger partial charge on any atom is 0.326 e. The third-order valence-electron chi connectivity index (χ3n) is 4.04. The number of rotatable bonds is 12. The number of carboxylic acid groups (broad SMARTS) is 1. The fourth-order valence-electron chi connectivity index (χ4n) is 2.52. The fourth-order valence-corrected chi connectivity index (χ4v) is 3.24. The summed E-state index contributed by atoms with van der Waals surface area (Å²) < 4.78 is 4.96. The normalized spacial score (nSPS) is 11.6. The molecule has 0 fully saturated rings. The number of carbonyl (C=O) groups is 3. The monoisotopic (exact) mass is 435 g/mol. The lowest BCUT2D eigenvalue weighted by Gasteiger charge is -2.15. The molecule has 1 unspecified atom stereocenters. The van der Waals surface area contributed by atoms with Gasteiger partial charge in [-0.3, -0.25) is 9.59 Å². The summed E-state index contributed by atoms with van der Waals surface area (Å²) >= 11 is 1.46. The number of aromatic amines is 1. The van der Waals surface area contributed by atoms with Gasteiger partial charge in [0.1, 0.15) is 6.04 Å². The van der Waals surface area contributed by atoms with Gasteiger partial charge in [-0.05, 0) is 30.4 Å². The highest BCUT2D eigenvalue weighted by molar-refractivity contribution is 7.99. The van der Waals surface area contributed by atoms with Gasteiger partial charge in [0, 0.05) is 37.6 Å². The molecule has 0 aliphatic heterocycles. The van der Waals surface area contributed by atoms with Crippen molar-refractivity contribution in [3.63, 3.8) is 0 Å². The van der Waals surface area contributed by atoms with E-state index in [4.69, 9.17) is 10.5 Å². The van der Waals surface area contributed by atoms with Gasteiger partial charge in [0.2, 0.25) is 5.91 Å². The van der Waals surface area contributed by atoms with Crippen molar-refractivity contribution in [2.45, 2.75) is 18.9 Å². The molecule has 1 heterocycles. The van der Waals surface area contributed by atoms with Gasteiger partial charge in [-0.2, -0.15) is 11.8 Å². The van der Waals surface area contributed by atoms with Crippen molar-refractivity contribution in [3.05, 3.63) is 42.0 Å². The summed E-state index contributed by atoms with van der Waals surface area (Å²) in [5.41, 5.74) is 7.26. The number of anilines is 2. The number of ether oxygens (including phenoxy) is 1. The average molecular weight is 436 g/mol. The second-order valence-corrected chi connectivity index (χ2v) is 7.50. The Balaban J connectivity index is 1.97. The molecule has 0 saturated carbocycles. The molecule has 0 radical (unpaired) electrons. The Hall–Kier alpha value is -3.05. The van der Waals surface area contributed by atoms with Crippen molar-refractivity contribution in [2.75, 3.05) is 36.3 Å². The number of imidazole rings is 1. The number of methoxy groups -OCH3 is 1. The molecule has 2 aromatic rings. The number of nitrogens with one attached hydrogen (secondary N) is 3. The first-order chi connectivity index (χ1) is 14.4. The Morgan fingerprint density at radius 2 is 2.17 bits per heavy atom. The molecular formula is C19H25N5O5S. The molecule has 1 aromatic heterocycles. The van der Waals surface area contributed by atoms with Crippen LogP contribution in [0, 0.1) is 0 Å². The number of benzene rings is 1. The lowest BCUT2D eigenvalue weighted by molar-refractivity contribution is -0.139. The maximum atomic E-state index is 12.5. The van der Waals surface area contributed by atoms with Gasteiger partial charge in [0.25, 0.3) is 5.91 Å².